The fourth-order valence-corrected chi connectivity index (χ4v) is 5.46. The van der Waals surface area contributed by atoms with E-state index in [1.54, 1.807) is 16.7 Å². The second kappa shape index (κ2) is 7.90. The number of halogens is 3. The molecule has 3 heterocycles. The average molecular weight is 435 g/mol. The van der Waals surface area contributed by atoms with Gasteiger partial charge < -0.3 is 10.0 Å². The van der Waals surface area contributed by atoms with Gasteiger partial charge in [-0.15, -0.1) is 0 Å². The Bertz CT molecular complexity index is 874. The molecule has 1 saturated carbocycles. The Morgan fingerprint density at radius 1 is 1.24 bits per heavy atom. The number of hydrogen-bond acceptors (Lipinski definition) is 5. The number of rotatable bonds is 4. The van der Waals surface area contributed by atoms with Crippen LogP contribution in [-0.2, 0) is 26.2 Å². The minimum absolute atomic E-state index is 0.0855. The lowest BCUT2D eigenvalue weighted by molar-refractivity contribution is -0.192. The molecule has 12 heteroatoms. The van der Waals surface area contributed by atoms with Crippen molar-refractivity contribution in [2.24, 2.45) is 11.8 Å². The summed E-state index contributed by atoms with van der Waals surface area (Å²) in [7, 11) is -3.15. The standard InChI is InChI=1S/C15H19N3O3S.C2HF3O2/c19-15-14-10-18(22(20,21)13-3-4-13)9-12(14)8-17(15)7-11-2-1-5-16-6-11;3-2(4,5)1(6)7/h1-2,5-6,12-14H,3-4,7-10H2;(H,6,7)/t12-,14+;/m1./s1. The predicted octanol–water partition coefficient (Wildman–Crippen LogP) is 1.10. The van der Waals surface area contributed by atoms with E-state index < -0.39 is 22.2 Å². The molecule has 2 aliphatic heterocycles. The molecule has 8 nitrogen and oxygen atoms in total. The zero-order valence-corrected chi connectivity index (χ0v) is 16.1. The first-order valence-corrected chi connectivity index (χ1v) is 10.5. The molecule has 160 valence electrons. The molecule has 0 unspecified atom stereocenters. The molecule has 29 heavy (non-hydrogen) atoms. The largest absolute Gasteiger partial charge is 0.490 e. The number of pyridine rings is 1. The van der Waals surface area contributed by atoms with Gasteiger partial charge in [0.1, 0.15) is 0 Å². The van der Waals surface area contributed by atoms with Gasteiger partial charge in [0.15, 0.2) is 0 Å². The third kappa shape index (κ3) is 4.86. The van der Waals surface area contributed by atoms with Gasteiger partial charge in [0.2, 0.25) is 15.9 Å². The number of carbonyl (C=O) groups excluding carboxylic acids is 1. The van der Waals surface area contributed by atoms with Crippen molar-refractivity contribution in [3.8, 4) is 0 Å². The van der Waals surface area contributed by atoms with E-state index >= 15 is 0 Å². The van der Waals surface area contributed by atoms with Crippen molar-refractivity contribution in [3.05, 3.63) is 30.1 Å². The molecular weight excluding hydrogens is 415 g/mol. The van der Waals surface area contributed by atoms with Gasteiger partial charge in [0.25, 0.3) is 0 Å². The number of amides is 1. The van der Waals surface area contributed by atoms with Crippen LogP contribution in [0, 0.1) is 11.8 Å². The maximum atomic E-state index is 12.5. The smallest absolute Gasteiger partial charge is 0.475 e. The Morgan fingerprint density at radius 2 is 1.90 bits per heavy atom. The van der Waals surface area contributed by atoms with Crippen LogP contribution in [0.4, 0.5) is 13.2 Å². The molecule has 2 atom stereocenters. The molecule has 3 fully saturated rings. The van der Waals surface area contributed by atoms with Gasteiger partial charge in [-0.3, -0.25) is 9.78 Å². The third-order valence-electron chi connectivity index (χ3n) is 5.14. The predicted molar refractivity (Wildman–Crippen MR) is 93.8 cm³/mol. The van der Waals surface area contributed by atoms with Crippen molar-refractivity contribution in [3.63, 3.8) is 0 Å². The van der Waals surface area contributed by atoms with E-state index in [2.05, 4.69) is 4.98 Å². The van der Waals surface area contributed by atoms with E-state index in [1.165, 1.54) is 0 Å². The number of aliphatic carboxylic acids is 1. The third-order valence-corrected chi connectivity index (χ3v) is 7.47. The lowest BCUT2D eigenvalue weighted by Gasteiger charge is -2.21. The lowest BCUT2D eigenvalue weighted by Crippen LogP contribution is -2.36. The number of aromatic nitrogens is 1. The van der Waals surface area contributed by atoms with Gasteiger partial charge >= 0.3 is 12.1 Å². The van der Waals surface area contributed by atoms with Crippen LogP contribution in [0.15, 0.2) is 24.5 Å². The molecule has 0 bridgehead atoms. The van der Waals surface area contributed by atoms with Crippen molar-refractivity contribution < 1.29 is 36.3 Å². The van der Waals surface area contributed by atoms with E-state index in [0.29, 0.717) is 26.2 Å². The summed E-state index contributed by atoms with van der Waals surface area (Å²) in [4.78, 5) is 27.3. The highest BCUT2D eigenvalue weighted by atomic mass is 32.2. The van der Waals surface area contributed by atoms with Gasteiger partial charge in [-0.1, -0.05) is 6.07 Å². The first kappa shape index (κ1) is 21.5. The van der Waals surface area contributed by atoms with Crippen molar-refractivity contribution in [1.82, 2.24) is 14.2 Å². The Labute approximate surface area is 165 Å². The van der Waals surface area contributed by atoms with Gasteiger partial charge in [-0.05, 0) is 24.5 Å². The summed E-state index contributed by atoms with van der Waals surface area (Å²) in [5, 5.41) is 6.94. The summed E-state index contributed by atoms with van der Waals surface area (Å²) in [6.45, 7) is 2.08. The zero-order chi connectivity index (χ0) is 21.4. The van der Waals surface area contributed by atoms with Gasteiger partial charge in [0.05, 0.1) is 11.2 Å². The Morgan fingerprint density at radius 3 is 2.38 bits per heavy atom. The van der Waals surface area contributed by atoms with Crippen LogP contribution in [0.25, 0.3) is 0 Å². The van der Waals surface area contributed by atoms with Crippen LogP contribution in [0.1, 0.15) is 18.4 Å². The van der Waals surface area contributed by atoms with Crippen LogP contribution in [0.5, 0.6) is 0 Å². The molecule has 1 aromatic rings. The van der Waals surface area contributed by atoms with Crippen molar-refractivity contribution in [1.29, 1.82) is 0 Å². The second-order valence-electron chi connectivity index (χ2n) is 7.31. The molecule has 0 aromatic carbocycles. The molecule has 2 saturated heterocycles. The quantitative estimate of drug-likeness (QED) is 0.759. The number of carbonyl (C=O) groups is 2. The summed E-state index contributed by atoms with van der Waals surface area (Å²) in [5.74, 6) is -2.70. The zero-order valence-electron chi connectivity index (χ0n) is 15.2. The summed E-state index contributed by atoms with van der Waals surface area (Å²) >= 11 is 0. The molecule has 1 N–H and O–H groups in total. The molecular formula is C17H20F3N3O5S. The minimum Gasteiger partial charge on any atom is -0.475 e. The normalized spacial score (nSPS) is 24.8. The number of carboxylic acid groups (broad SMARTS) is 1. The van der Waals surface area contributed by atoms with Crippen LogP contribution in [0.2, 0.25) is 0 Å². The first-order chi connectivity index (χ1) is 13.5. The SMILES string of the molecule is O=C(O)C(F)(F)F.O=C1[C@H]2CN(S(=O)(=O)C3CC3)C[C@H]2CN1Cc1cccnc1. The van der Waals surface area contributed by atoms with E-state index in [9.17, 15) is 26.4 Å². The molecule has 1 aliphatic carbocycles. The maximum Gasteiger partial charge on any atom is 0.490 e. The fraction of sp³-hybridized carbons (Fsp3) is 0.588. The van der Waals surface area contributed by atoms with E-state index in [4.69, 9.17) is 9.90 Å². The lowest BCUT2D eigenvalue weighted by atomic mass is 10.0. The molecule has 3 aliphatic rings. The number of fused-ring (bicyclic) bond motifs is 1. The molecule has 0 spiro atoms. The Balaban J connectivity index is 0.000000298. The maximum absolute atomic E-state index is 12.5. The first-order valence-electron chi connectivity index (χ1n) is 8.97. The summed E-state index contributed by atoms with van der Waals surface area (Å²) in [6, 6.07) is 3.82. The van der Waals surface area contributed by atoms with Gasteiger partial charge in [0, 0.05) is 44.5 Å². The number of alkyl halides is 3. The summed E-state index contributed by atoms with van der Waals surface area (Å²) in [5.41, 5.74) is 1.01. The highest BCUT2D eigenvalue weighted by Gasteiger charge is 2.51. The van der Waals surface area contributed by atoms with Gasteiger partial charge in [-0.25, -0.2) is 17.5 Å². The number of carboxylic acids is 1. The summed E-state index contributed by atoms with van der Waals surface area (Å²) < 4.78 is 57.9. The average Bonchev–Trinajstić information content (AvgIpc) is 3.36. The topological polar surface area (TPSA) is 108 Å². The second-order valence-corrected chi connectivity index (χ2v) is 9.52. The molecule has 4 rings (SSSR count). The Hall–Kier alpha value is -2.21. The van der Waals surface area contributed by atoms with Crippen molar-refractivity contribution in [2.75, 3.05) is 19.6 Å². The van der Waals surface area contributed by atoms with Crippen molar-refractivity contribution >= 4 is 21.9 Å². The number of nitrogens with zero attached hydrogens (tertiary/aromatic N) is 3. The van der Waals surface area contributed by atoms with Crippen molar-refractivity contribution in [2.45, 2.75) is 30.8 Å². The molecule has 1 aromatic heterocycles. The van der Waals surface area contributed by atoms with E-state index in [-0.39, 0.29) is 23.0 Å². The van der Waals surface area contributed by atoms with E-state index in [0.717, 1.165) is 18.4 Å². The van der Waals surface area contributed by atoms with Gasteiger partial charge in [-0.2, -0.15) is 13.2 Å². The highest BCUT2D eigenvalue weighted by molar-refractivity contribution is 7.90. The highest BCUT2D eigenvalue weighted by Crippen LogP contribution is 2.38. The number of sulfonamides is 1. The Kier molecular flexibility index (Phi) is 5.86. The fourth-order valence-electron chi connectivity index (χ4n) is 3.54. The van der Waals surface area contributed by atoms with Crippen LogP contribution >= 0.6 is 0 Å². The summed E-state index contributed by atoms with van der Waals surface area (Å²) in [6.07, 6.45) is -0.0552. The number of likely N-dealkylation sites (tertiary alicyclic amines) is 1. The van der Waals surface area contributed by atoms with Crippen LogP contribution in [0.3, 0.4) is 0 Å². The number of hydrogen-bond donors (Lipinski definition) is 1. The van der Waals surface area contributed by atoms with E-state index in [1.807, 2.05) is 17.0 Å². The van der Waals surface area contributed by atoms with Crippen LogP contribution in [-0.4, -0.2) is 70.7 Å². The monoisotopic (exact) mass is 435 g/mol. The van der Waals surface area contributed by atoms with Crippen LogP contribution < -0.4 is 0 Å². The molecule has 0 radical (unpaired) electrons. The minimum atomic E-state index is -5.08. The molecule has 1 amide bonds.